The van der Waals surface area contributed by atoms with Crippen LogP contribution in [0.15, 0.2) is 29.4 Å². The summed E-state index contributed by atoms with van der Waals surface area (Å²) in [6.07, 6.45) is 1.87. The minimum atomic E-state index is -0.768. The van der Waals surface area contributed by atoms with Crippen LogP contribution in [0.2, 0.25) is 0 Å². The molecule has 0 aromatic carbocycles. The molecule has 3 nitrogen and oxygen atoms in total. The molecule has 0 radical (unpaired) electrons. The van der Waals surface area contributed by atoms with Gasteiger partial charge in [0.05, 0.1) is 11.4 Å². The van der Waals surface area contributed by atoms with Gasteiger partial charge in [0.1, 0.15) is 0 Å². The molecule has 0 aliphatic heterocycles. The van der Waals surface area contributed by atoms with Gasteiger partial charge in [-0.25, -0.2) is 4.98 Å². The molecule has 0 amide bonds. The van der Waals surface area contributed by atoms with Crippen molar-refractivity contribution < 1.29 is 9.90 Å². The topological polar surface area (TPSA) is 50.2 Å². The van der Waals surface area contributed by atoms with Crippen molar-refractivity contribution >= 4 is 17.7 Å². The molecule has 1 N–H and O–H groups in total. The first-order chi connectivity index (χ1) is 6.18. The fraction of sp³-hybridized carbons (Fsp3) is 0.333. The smallest absolute Gasteiger partial charge is 0.304 e. The Labute approximate surface area is 81.2 Å². The monoisotopic (exact) mass is 197 g/mol. The molecule has 0 saturated heterocycles. The maximum absolute atomic E-state index is 10.4. The molecule has 70 valence electrons. The predicted molar refractivity (Wildman–Crippen MR) is 51.8 cm³/mol. The van der Waals surface area contributed by atoms with E-state index in [-0.39, 0.29) is 11.7 Å². The van der Waals surface area contributed by atoms with E-state index < -0.39 is 5.97 Å². The Bertz CT molecular complexity index is 276. The van der Waals surface area contributed by atoms with E-state index in [0.717, 1.165) is 5.03 Å². The molecule has 1 rings (SSSR count). The van der Waals surface area contributed by atoms with Crippen LogP contribution in [0.1, 0.15) is 13.3 Å². The summed E-state index contributed by atoms with van der Waals surface area (Å²) in [5.74, 6) is -0.768. The van der Waals surface area contributed by atoms with Gasteiger partial charge in [-0.1, -0.05) is 13.0 Å². The summed E-state index contributed by atoms with van der Waals surface area (Å²) in [6, 6.07) is 5.61. The number of thioether (sulfide) groups is 1. The van der Waals surface area contributed by atoms with Crippen molar-refractivity contribution in [3.63, 3.8) is 0 Å². The molecule has 0 fully saturated rings. The molecule has 13 heavy (non-hydrogen) atoms. The van der Waals surface area contributed by atoms with E-state index in [0.29, 0.717) is 0 Å². The Balaban J connectivity index is 2.45. The average molecular weight is 197 g/mol. The number of aromatic nitrogens is 1. The molecule has 1 atom stereocenters. The number of nitrogens with zero attached hydrogens (tertiary/aromatic N) is 1. The molecular weight excluding hydrogens is 186 g/mol. The van der Waals surface area contributed by atoms with Crippen molar-refractivity contribution in [3.8, 4) is 0 Å². The van der Waals surface area contributed by atoms with Crippen molar-refractivity contribution in [1.29, 1.82) is 0 Å². The molecular formula is C9H11NO2S. The molecule has 0 spiro atoms. The van der Waals surface area contributed by atoms with Gasteiger partial charge >= 0.3 is 5.97 Å². The van der Waals surface area contributed by atoms with E-state index in [2.05, 4.69) is 4.98 Å². The summed E-state index contributed by atoms with van der Waals surface area (Å²) in [7, 11) is 0. The standard InChI is InChI=1S/C9H11NO2S/c1-7(6-9(11)12)13-8-4-2-3-5-10-8/h2-5,7H,6H2,1H3,(H,11,12). The number of hydrogen-bond acceptors (Lipinski definition) is 3. The van der Waals surface area contributed by atoms with E-state index in [1.165, 1.54) is 11.8 Å². The first kappa shape index (κ1) is 10.1. The zero-order valence-electron chi connectivity index (χ0n) is 7.30. The van der Waals surface area contributed by atoms with Gasteiger partial charge in [-0.2, -0.15) is 0 Å². The Morgan fingerprint density at radius 2 is 2.46 bits per heavy atom. The predicted octanol–water partition coefficient (Wildman–Crippen LogP) is 2.04. The molecule has 1 aromatic heterocycles. The second-order valence-electron chi connectivity index (χ2n) is 2.69. The maximum Gasteiger partial charge on any atom is 0.304 e. The zero-order chi connectivity index (χ0) is 9.68. The third-order valence-electron chi connectivity index (χ3n) is 1.42. The Kier molecular flexibility index (Phi) is 3.76. The lowest BCUT2D eigenvalue weighted by Gasteiger charge is -2.06. The van der Waals surface area contributed by atoms with Crippen LogP contribution >= 0.6 is 11.8 Å². The fourth-order valence-corrected chi connectivity index (χ4v) is 1.83. The quantitative estimate of drug-likeness (QED) is 0.750. The third-order valence-corrected chi connectivity index (χ3v) is 2.47. The van der Waals surface area contributed by atoms with Crippen LogP contribution in [-0.4, -0.2) is 21.3 Å². The van der Waals surface area contributed by atoms with Gasteiger partial charge in [0.2, 0.25) is 0 Å². The number of aliphatic carboxylic acids is 1. The van der Waals surface area contributed by atoms with Gasteiger partial charge in [0, 0.05) is 11.4 Å². The molecule has 0 aliphatic carbocycles. The van der Waals surface area contributed by atoms with Crippen molar-refractivity contribution in [2.75, 3.05) is 0 Å². The number of carbonyl (C=O) groups is 1. The van der Waals surface area contributed by atoms with Crippen LogP contribution in [0.4, 0.5) is 0 Å². The van der Waals surface area contributed by atoms with Crippen LogP contribution in [0.5, 0.6) is 0 Å². The highest BCUT2D eigenvalue weighted by Gasteiger charge is 2.08. The van der Waals surface area contributed by atoms with Crippen molar-refractivity contribution in [3.05, 3.63) is 24.4 Å². The molecule has 1 aromatic rings. The van der Waals surface area contributed by atoms with Gasteiger partial charge in [-0.05, 0) is 12.1 Å². The second kappa shape index (κ2) is 4.87. The summed E-state index contributed by atoms with van der Waals surface area (Å²) in [5, 5.41) is 9.46. The van der Waals surface area contributed by atoms with E-state index in [1.807, 2.05) is 25.1 Å². The van der Waals surface area contributed by atoms with E-state index in [9.17, 15) is 4.79 Å². The largest absolute Gasteiger partial charge is 0.481 e. The molecule has 1 unspecified atom stereocenters. The van der Waals surface area contributed by atoms with Gasteiger partial charge in [-0.15, -0.1) is 11.8 Å². The van der Waals surface area contributed by atoms with Gasteiger partial charge < -0.3 is 5.11 Å². The number of carboxylic acid groups (broad SMARTS) is 1. The molecule has 0 aliphatic rings. The van der Waals surface area contributed by atoms with Crippen molar-refractivity contribution in [1.82, 2.24) is 4.98 Å². The fourth-order valence-electron chi connectivity index (χ4n) is 0.911. The Morgan fingerprint density at radius 1 is 1.69 bits per heavy atom. The highest BCUT2D eigenvalue weighted by atomic mass is 32.2. The molecule has 0 bridgehead atoms. The van der Waals surface area contributed by atoms with Crippen molar-refractivity contribution in [2.45, 2.75) is 23.6 Å². The summed E-state index contributed by atoms with van der Waals surface area (Å²) < 4.78 is 0. The number of hydrogen-bond donors (Lipinski definition) is 1. The zero-order valence-corrected chi connectivity index (χ0v) is 8.12. The highest BCUT2D eigenvalue weighted by Crippen LogP contribution is 2.22. The summed E-state index contributed by atoms with van der Waals surface area (Å²) in [5.41, 5.74) is 0. The minimum Gasteiger partial charge on any atom is -0.481 e. The highest BCUT2D eigenvalue weighted by molar-refractivity contribution is 7.99. The van der Waals surface area contributed by atoms with E-state index in [4.69, 9.17) is 5.11 Å². The second-order valence-corrected chi connectivity index (χ2v) is 4.15. The Morgan fingerprint density at radius 3 is 3.00 bits per heavy atom. The van der Waals surface area contributed by atoms with Crippen LogP contribution in [0, 0.1) is 0 Å². The number of rotatable bonds is 4. The van der Waals surface area contributed by atoms with E-state index >= 15 is 0 Å². The average Bonchev–Trinajstić information content (AvgIpc) is 2.04. The van der Waals surface area contributed by atoms with Crippen LogP contribution in [0.25, 0.3) is 0 Å². The van der Waals surface area contributed by atoms with Crippen LogP contribution < -0.4 is 0 Å². The summed E-state index contributed by atoms with van der Waals surface area (Å²) in [4.78, 5) is 14.5. The van der Waals surface area contributed by atoms with Crippen LogP contribution in [-0.2, 0) is 4.79 Å². The minimum absolute atomic E-state index is 0.0624. The molecule has 4 heteroatoms. The number of carboxylic acids is 1. The normalized spacial score (nSPS) is 12.4. The van der Waals surface area contributed by atoms with Gasteiger partial charge in [0.25, 0.3) is 0 Å². The lowest BCUT2D eigenvalue weighted by molar-refractivity contribution is -0.136. The first-order valence-corrected chi connectivity index (χ1v) is 4.86. The molecule has 0 saturated carbocycles. The SMILES string of the molecule is CC(CC(=O)O)Sc1ccccn1. The lowest BCUT2D eigenvalue weighted by atomic mass is 10.3. The van der Waals surface area contributed by atoms with Gasteiger partial charge in [-0.3, -0.25) is 4.79 Å². The van der Waals surface area contributed by atoms with Gasteiger partial charge in [0.15, 0.2) is 0 Å². The van der Waals surface area contributed by atoms with Crippen LogP contribution in [0.3, 0.4) is 0 Å². The summed E-state index contributed by atoms with van der Waals surface area (Å²) in [6.45, 7) is 1.88. The lowest BCUT2D eigenvalue weighted by Crippen LogP contribution is -2.05. The first-order valence-electron chi connectivity index (χ1n) is 3.98. The summed E-state index contributed by atoms with van der Waals surface area (Å²) >= 11 is 1.48. The maximum atomic E-state index is 10.4. The van der Waals surface area contributed by atoms with E-state index in [1.54, 1.807) is 6.20 Å². The van der Waals surface area contributed by atoms with Crippen molar-refractivity contribution in [2.24, 2.45) is 0 Å². The Hall–Kier alpha value is -1.03. The number of pyridine rings is 1. The third kappa shape index (κ3) is 3.94. The molecule has 1 heterocycles.